The third-order valence-corrected chi connectivity index (χ3v) is 4.44. The fraction of sp³-hybridized carbons (Fsp3) is 0.0952. The molecule has 134 valence electrons. The summed E-state index contributed by atoms with van der Waals surface area (Å²) in [6.07, 6.45) is 1.66. The Morgan fingerprint density at radius 3 is 2.59 bits per heavy atom. The van der Waals surface area contributed by atoms with E-state index in [1.165, 1.54) is 0 Å². The molecule has 4 rings (SSSR count). The summed E-state index contributed by atoms with van der Waals surface area (Å²) < 4.78 is 5.74. The zero-order chi connectivity index (χ0) is 19.0. The van der Waals surface area contributed by atoms with Crippen molar-refractivity contribution in [2.75, 3.05) is 5.32 Å². The monoisotopic (exact) mass is 377 g/mol. The van der Waals surface area contributed by atoms with Gasteiger partial charge in [0.15, 0.2) is 11.2 Å². The molecule has 27 heavy (non-hydrogen) atoms. The van der Waals surface area contributed by atoms with E-state index in [4.69, 9.17) is 16.0 Å². The van der Waals surface area contributed by atoms with Crippen molar-refractivity contribution >= 4 is 34.4 Å². The summed E-state index contributed by atoms with van der Waals surface area (Å²) in [6, 6.07) is 14.5. The minimum Gasteiger partial charge on any atom is -0.434 e. The van der Waals surface area contributed by atoms with Crippen molar-refractivity contribution in [3.05, 3.63) is 76.4 Å². The molecule has 0 aliphatic rings. The first-order valence-corrected chi connectivity index (χ1v) is 8.78. The van der Waals surface area contributed by atoms with Gasteiger partial charge in [0.25, 0.3) is 5.91 Å². The van der Waals surface area contributed by atoms with E-state index in [2.05, 4.69) is 15.3 Å². The van der Waals surface area contributed by atoms with Gasteiger partial charge in [-0.1, -0.05) is 28.8 Å². The van der Waals surface area contributed by atoms with Crippen LogP contribution < -0.4 is 5.32 Å². The van der Waals surface area contributed by atoms with Crippen LogP contribution >= 0.6 is 11.6 Å². The lowest BCUT2D eigenvalue weighted by Crippen LogP contribution is -2.12. The SMILES string of the molecule is Cc1cc(C)cc(C(=O)Nc2cc(-c3nc4ncccc4o3)ccc2Cl)c1. The molecule has 5 nitrogen and oxygen atoms in total. The van der Waals surface area contributed by atoms with Gasteiger partial charge in [0.1, 0.15) is 0 Å². The minimum atomic E-state index is -0.222. The lowest BCUT2D eigenvalue weighted by molar-refractivity contribution is 0.102. The van der Waals surface area contributed by atoms with Gasteiger partial charge in [0, 0.05) is 17.3 Å². The van der Waals surface area contributed by atoms with Gasteiger partial charge in [-0.2, -0.15) is 4.98 Å². The van der Waals surface area contributed by atoms with E-state index in [0.29, 0.717) is 39.0 Å². The van der Waals surface area contributed by atoms with Crippen LogP contribution in [0.3, 0.4) is 0 Å². The van der Waals surface area contributed by atoms with Crippen molar-refractivity contribution in [2.45, 2.75) is 13.8 Å². The highest BCUT2D eigenvalue weighted by Crippen LogP contribution is 2.30. The highest BCUT2D eigenvalue weighted by atomic mass is 35.5. The number of halogens is 1. The highest BCUT2D eigenvalue weighted by Gasteiger charge is 2.14. The van der Waals surface area contributed by atoms with Gasteiger partial charge in [-0.3, -0.25) is 4.79 Å². The van der Waals surface area contributed by atoms with E-state index in [1.54, 1.807) is 36.5 Å². The Morgan fingerprint density at radius 1 is 1.07 bits per heavy atom. The summed E-state index contributed by atoms with van der Waals surface area (Å²) in [5.74, 6) is 0.197. The fourth-order valence-corrected chi connectivity index (χ4v) is 3.11. The van der Waals surface area contributed by atoms with E-state index in [1.807, 2.05) is 32.0 Å². The van der Waals surface area contributed by atoms with Crippen LogP contribution in [0.1, 0.15) is 21.5 Å². The fourth-order valence-electron chi connectivity index (χ4n) is 2.95. The van der Waals surface area contributed by atoms with Gasteiger partial charge in [-0.25, -0.2) is 4.98 Å². The number of oxazole rings is 1. The van der Waals surface area contributed by atoms with E-state index >= 15 is 0 Å². The first kappa shape index (κ1) is 17.2. The molecule has 1 amide bonds. The third kappa shape index (κ3) is 3.55. The number of nitrogens with one attached hydrogen (secondary N) is 1. The first-order chi connectivity index (χ1) is 13.0. The van der Waals surface area contributed by atoms with Gasteiger partial charge in [0.2, 0.25) is 5.89 Å². The number of nitrogens with zero attached hydrogens (tertiary/aromatic N) is 2. The molecule has 0 aliphatic heterocycles. The van der Waals surface area contributed by atoms with E-state index in [0.717, 1.165) is 11.1 Å². The number of hydrogen-bond donors (Lipinski definition) is 1. The number of anilines is 1. The molecule has 0 atom stereocenters. The van der Waals surface area contributed by atoms with Gasteiger partial charge in [0.05, 0.1) is 10.7 Å². The second-order valence-corrected chi connectivity index (χ2v) is 6.78. The largest absolute Gasteiger partial charge is 0.434 e. The molecule has 0 radical (unpaired) electrons. The van der Waals surface area contributed by atoms with Crippen molar-refractivity contribution in [1.29, 1.82) is 0 Å². The quantitative estimate of drug-likeness (QED) is 0.518. The molecule has 2 aromatic heterocycles. The van der Waals surface area contributed by atoms with Crippen LogP contribution in [-0.2, 0) is 0 Å². The van der Waals surface area contributed by atoms with Gasteiger partial charge < -0.3 is 9.73 Å². The highest BCUT2D eigenvalue weighted by molar-refractivity contribution is 6.34. The van der Waals surface area contributed by atoms with E-state index in [-0.39, 0.29) is 5.91 Å². The first-order valence-electron chi connectivity index (χ1n) is 8.41. The molecule has 1 N–H and O–H groups in total. The lowest BCUT2D eigenvalue weighted by atomic mass is 10.1. The van der Waals surface area contributed by atoms with Gasteiger partial charge >= 0.3 is 0 Å². The Balaban J connectivity index is 1.67. The van der Waals surface area contributed by atoms with Crippen LogP contribution in [0.4, 0.5) is 5.69 Å². The molecule has 0 saturated carbocycles. The number of carbonyl (C=O) groups excluding carboxylic acids is 1. The smallest absolute Gasteiger partial charge is 0.255 e. The Bertz CT molecular complexity index is 1110. The Labute approximate surface area is 161 Å². The number of aryl methyl sites for hydroxylation is 2. The number of benzene rings is 2. The summed E-state index contributed by atoms with van der Waals surface area (Å²) in [5.41, 5.74) is 4.96. The maximum atomic E-state index is 12.6. The molecule has 0 unspecified atom stereocenters. The molecule has 2 aromatic carbocycles. The second-order valence-electron chi connectivity index (χ2n) is 6.37. The van der Waals surface area contributed by atoms with Crippen molar-refractivity contribution in [3.63, 3.8) is 0 Å². The number of rotatable bonds is 3. The molecule has 0 aliphatic carbocycles. The standard InChI is InChI=1S/C21H16ClN3O2/c1-12-8-13(2)10-15(9-12)20(26)24-17-11-14(5-6-16(17)22)21-25-19-18(27-21)4-3-7-23-19/h3-11H,1-2H3,(H,24,26). The summed E-state index contributed by atoms with van der Waals surface area (Å²) in [4.78, 5) is 21.2. The molecular weight excluding hydrogens is 362 g/mol. The number of hydrogen-bond acceptors (Lipinski definition) is 4. The van der Waals surface area contributed by atoms with Crippen LogP contribution in [-0.4, -0.2) is 15.9 Å². The molecule has 0 saturated heterocycles. The van der Waals surface area contributed by atoms with Crippen molar-refractivity contribution in [2.24, 2.45) is 0 Å². The van der Waals surface area contributed by atoms with Crippen LogP contribution in [0.5, 0.6) is 0 Å². The number of aromatic nitrogens is 2. The van der Waals surface area contributed by atoms with E-state index in [9.17, 15) is 4.79 Å². The summed E-state index contributed by atoms with van der Waals surface area (Å²) in [6.45, 7) is 3.91. The predicted octanol–water partition coefficient (Wildman–Crippen LogP) is 5.41. The van der Waals surface area contributed by atoms with Crippen LogP contribution in [0.25, 0.3) is 22.7 Å². The van der Waals surface area contributed by atoms with E-state index < -0.39 is 0 Å². The molecule has 2 heterocycles. The number of fused-ring (bicyclic) bond motifs is 1. The number of pyridine rings is 1. The molecule has 0 spiro atoms. The van der Waals surface area contributed by atoms with Crippen LogP contribution in [0.2, 0.25) is 5.02 Å². The molecule has 4 aromatic rings. The predicted molar refractivity (Wildman–Crippen MR) is 106 cm³/mol. The third-order valence-electron chi connectivity index (χ3n) is 4.11. The van der Waals surface area contributed by atoms with Gasteiger partial charge in [-0.15, -0.1) is 0 Å². The summed E-state index contributed by atoms with van der Waals surface area (Å²) >= 11 is 6.28. The van der Waals surface area contributed by atoms with Crippen molar-refractivity contribution in [3.8, 4) is 11.5 Å². The maximum absolute atomic E-state index is 12.6. The van der Waals surface area contributed by atoms with Crippen LogP contribution in [0, 0.1) is 13.8 Å². The zero-order valence-corrected chi connectivity index (χ0v) is 15.5. The van der Waals surface area contributed by atoms with Crippen molar-refractivity contribution in [1.82, 2.24) is 9.97 Å². The zero-order valence-electron chi connectivity index (χ0n) is 14.8. The lowest BCUT2D eigenvalue weighted by Gasteiger charge is -2.10. The molecule has 0 bridgehead atoms. The maximum Gasteiger partial charge on any atom is 0.255 e. The Kier molecular flexibility index (Phi) is 4.38. The summed E-state index contributed by atoms with van der Waals surface area (Å²) in [7, 11) is 0. The second kappa shape index (κ2) is 6.85. The summed E-state index contributed by atoms with van der Waals surface area (Å²) in [5, 5.41) is 3.30. The topological polar surface area (TPSA) is 68.0 Å². The van der Waals surface area contributed by atoms with Crippen molar-refractivity contribution < 1.29 is 9.21 Å². The molecule has 0 fully saturated rings. The Morgan fingerprint density at radius 2 is 1.85 bits per heavy atom. The molecular formula is C21H16ClN3O2. The Hall–Kier alpha value is -3.18. The minimum absolute atomic E-state index is 0.222. The number of carbonyl (C=O) groups is 1. The normalized spacial score (nSPS) is 10.9. The average molecular weight is 378 g/mol. The number of amides is 1. The average Bonchev–Trinajstić information content (AvgIpc) is 3.07. The van der Waals surface area contributed by atoms with Gasteiger partial charge in [-0.05, 0) is 56.3 Å². The van der Waals surface area contributed by atoms with Crippen LogP contribution in [0.15, 0.2) is 59.1 Å². The molecule has 6 heteroatoms.